The Morgan fingerprint density at radius 2 is 2.17 bits per heavy atom. The lowest BCUT2D eigenvalue weighted by atomic mass is 10.0. The van der Waals surface area contributed by atoms with Gasteiger partial charge in [-0.1, -0.05) is 18.5 Å². The van der Waals surface area contributed by atoms with Gasteiger partial charge in [-0.25, -0.2) is 0 Å². The summed E-state index contributed by atoms with van der Waals surface area (Å²) in [5, 5.41) is 4.11. The molecule has 1 aromatic heterocycles. The number of ether oxygens (including phenoxy) is 1. The van der Waals surface area contributed by atoms with Crippen LogP contribution in [0.15, 0.2) is 4.52 Å². The van der Waals surface area contributed by atoms with E-state index in [4.69, 9.17) is 15.0 Å². The van der Waals surface area contributed by atoms with Gasteiger partial charge in [-0.15, -0.1) is 0 Å². The molecule has 1 aliphatic rings. The van der Waals surface area contributed by atoms with Gasteiger partial charge in [0.25, 0.3) is 0 Å². The second-order valence-electron chi connectivity index (χ2n) is 5.13. The molecule has 1 aromatic rings. The first-order valence-electron chi connectivity index (χ1n) is 6.82. The first kappa shape index (κ1) is 13.5. The van der Waals surface area contributed by atoms with Crippen molar-refractivity contribution in [3.8, 4) is 0 Å². The molecule has 1 saturated carbocycles. The topological polar surface area (TPSA) is 74.2 Å². The minimum absolute atomic E-state index is 0.313. The third-order valence-electron chi connectivity index (χ3n) is 4.05. The molecule has 0 radical (unpaired) electrons. The Hall–Kier alpha value is -0.940. The molecular weight excluding hydrogens is 230 g/mol. The zero-order valence-electron chi connectivity index (χ0n) is 11.3. The van der Waals surface area contributed by atoms with Gasteiger partial charge < -0.3 is 15.0 Å². The third-order valence-corrected chi connectivity index (χ3v) is 4.05. The van der Waals surface area contributed by atoms with Crippen LogP contribution in [-0.4, -0.2) is 23.8 Å². The summed E-state index contributed by atoms with van der Waals surface area (Å²) in [6, 6.07) is 0. The van der Waals surface area contributed by atoms with Crippen LogP contribution in [0.25, 0.3) is 0 Å². The maximum atomic E-state index is 5.70. The van der Waals surface area contributed by atoms with E-state index in [0.29, 0.717) is 24.2 Å². The Morgan fingerprint density at radius 1 is 1.44 bits per heavy atom. The van der Waals surface area contributed by atoms with Crippen molar-refractivity contribution < 1.29 is 9.26 Å². The summed E-state index contributed by atoms with van der Waals surface area (Å²) >= 11 is 0. The highest BCUT2D eigenvalue weighted by atomic mass is 16.5. The summed E-state index contributed by atoms with van der Waals surface area (Å²) in [6.45, 7) is 2.78. The molecule has 102 valence electrons. The Labute approximate surface area is 108 Å². The molecule has 0 aliphatic heterocycles. The van der Waals surface area contributed by atoms with Crippen molar-refractivity contribution in [1.29, 1.82) is 0 Å². The van der Waals surface area contributed by atoms with Gasteiger partial charge in [0.1, 0.15) is 5.60 Å². The molecule has 5 nitrogen and oxygen atoms in total. The summed E-state index contributed by atoms with van der Waals surface area (Å²) in [5.41, 5.74) is 5.38. The number of rotatable bonds is 6. The summed E-state index contributed by atoms with van der Waals surface area (Å²) < 4.78 is 11.0. The fourth-order valence-corrected chi connectivity index (χ4v) is 2.63. The van der Waals surface area contributed by atoms with E-state index in [1.807, 2.05) is 0 Å². The third kappa shape index (κ3) is 2.57. The van der Waals surface area contributed by atoms with E-state index in [2.05, 4.69) is 17.1 Å². The molecule has 1 fully saturated rings. The van der Waals surface area contributed by atoms with Gasteiger partial charge in [0, 0.05) is 13.5 Å². The van der Waals surface area contributed by atoms with Crippen molar-refractivity contribution in [2.24, 2.45) is 11.7 Å². The lowest BCUT2D eigenvalue weighted by molar-refractivity contribution is -0.0178. The zero-order chi connectivity index (χ0) is 13.0. The van der Waals surface area contributed by atoms with Crippen LogP contribution >= 0.6 is 0 Å². The molecule has 0 amide bonds. The minimum Gasteiger partial charge on any atom is -0.370 e. The molecule has 1 unspecified atom stereocenters. The normalized spacial score (nSPS) is 20.2. The number of hydrogen-bond donors (Lipinski definition) is 1. The fraction of sp³-hybridized carbons (Fsp3) is 0.846. The van der Waals surface area contributed by atoms with Gasteiger partial charge in [0.15, 0.2) is 0 Å². The molecule has 2 N–H and O–H groups in total. The first-order chi connectivity index (χ1) is 8.74. The largest absolute Gasteiger partial charge is 0.370 e. The molecule has 18 heavy (non-hydrogen) atoms. The zero-order valence-corrected chi connectivity index (χ0v) is 11.3. The van der Waals surface area contributed by atoms with E-state index >= 15 is 0 Å². The second-order valence-corrected chi connectivity index (χ2v) is 5.13. The van der Waals surface area contributed by atoms with E-state index in [1.165, 1.54) is 0 Å². The number of nitrogens with zero attached hydrogens (tertiary/aromatic N) is 2. The molecular formula is C13H23N3O2. The monoisotopic (exact) mass is 253 g/mol. The van der Waals surface area contributed by atoms with Gasteiger partial charge in [-0.2, -0.15) is 4.98 Å². The number of nitrogens with two attached hydrogens (primary N) is 1. The molecule has 1 atom stereocenters. The van der Waals surface area contributed by atoms with Crippen molar-refractivity contribution in [3.63, 3.8) is 0 Å². The van der Waals surface area contributed by atoms with Crippen molar-refractivity contribution in [2.45, 2.75) is 51.0 Å². The minimum atomic E-state index is -0.313. The van der Waals surface area contributed by atoms with Crippen molar-refractivity contribution in [1.82, 2.24) is 10.1 Å². The average Bonchev–Trinajstić information content (AvgIpc) is 3.05. The van der Waals surface area contributed by atoms with Crippen LogP contribution in [0.4, 0.5) is 0 Å². The number of aromatic nitrogens is 2. The summed E-state index contributed by atoms with van der Waals surface area (Å²) in [5.74, 6) is 1.82. The molecule has 1 aliphatic carbocycles. The van der Waals surface area contributed by atoms with Gasteiger partial charge in [-0.3, -0.25) is 0 Å². The highest BCUT2D eigenvalue weighted by Crippen LogP contribution is 2.40. The summed E-state index contributed by atoms with van der Waals surface area (Å²) in [4.78, 5) is 4.51. The Kier molecular flexibility index (Phi) is 4.35. The van der Waals surface area contributed by atoms with E-state index in [0.717, 1.165) is 38.5 Å². The molecule has 0 aromatic carbocycles. The molecule has 0 saturated heterocycles. The van der Waals surface area contributed by atoms with Crippen molar-refractivity contribution >= 4 is 0 Å². The highest BCUT2D eigenvalue weighted by Gasteiger charge is 2.40. The molecule has 5 heteroatoms. The Bertz CT molecular complexity index is 368. The van der Waals surface area contributed by atoms with Crippen LogP contribution in [0, 0.1) is 5.92 Å². The van der Waals surface area contributed by atoms with Crippen LogP contribution in [0.1, 0.15) is 50.7 Å². The molecule has 2 rings (SSSR count). The molecule has 0 bridgehead atoms. The van der Waals surface area contributed by atoms with Gasteiger partial charge in [0.2, 0.25) is 11.7 Å². The van der Waals surface area contributed by atoms with Crippen molar-refractivity contribution in [3.05, 3.63) is 11.7 Å². The lowest BCUT2D eigenvalue weighted by Gasteiger charge is -2.22. The molecule has 0 spiro atoms. The lowest BCUT2D eigenvalue weighted by Crippen LogP contribution is -2.26. The van der Waals surface area contributed by atoms with E-state index in [1.54, 1.807) is 7.11 Å². The van der Waals surface area contributed by atoms with Gasteiger partial charge in [-0.05, 0) is 38.1 Å². The quantitative estimate of drug-likeness (QED) is 0.839. The predicted octanol–water partition coefficient (Wildman–Crippen LogP) is 2.01. The Balaban J connectivity index is 2.09. The smallest absolute Gasteiger partial charge is 0.227 e. The van der Waals surface area contributed by atoms with Crippen LogP contribution in [0.2, 0.25) is 0 Å². The first-order valence-corrected chi connectivity index (χ1v) is 6.82. The number of hydrogen-bond acceptors (Lipinski definition) is 5. The maximum absolute atomic E-state index is 5.70. The van der Waals surface area contributed by atoms with E-state index in [-0.39, 0.29) is 5.60 Å². The molecule has 1 heterocycles. The standard InChI is InChI=1S/C13H23N3O2/c1-3-10(9-14)8-11-15-12(16-18-11)13(17-2)6-4-5-7-13/h10H,3-9,14H2,1-2H3. The van der Waals surface area contributed by atoms with Crippen molar-refractivity contribution in [2.75, 3.05) is 13.7 Å². The van der Waals surface area contributed by atoms with Gasteiger partial charge in [0.05, 0.1) is 0 Å². The fourth-order valence-electron chi connectivity index (χ4n) is 2.63. The van der Waals surface area contributed by atoms with Gasteiger partial charge >= 0.3 is 0 Å². The van der Waals surface area contributed by atoms with E-state index in [9.17, 15) is 0 Å². The number of methoxy groups -OCH3 is 1. The van der Waals surface area contributed by atoms with Crippen LogP contribution in [0.5, 0.6) is 0 Å². The summed E-state index contributed by atoms with van der Waals surface area (Å²) in [6.07, 6.45) is 6.09. The highest BCUT2D eigenvalue weighted by molar-refractivity contribution is 5.04. The average molecular weight is 253 g/mol. The van der Waals surface area contributed by atoms with Crippen LogP contribution in [-0.2, 0) is 16.8 Å². The summed E-state index contributed by atoms with van der Waals surface area (Å²) in [7, 11) is 1.73. The maximum Gasteiger partial charge on any atom is 0.227 e. The predicted molar refractivity (Wildman–Crippen MR) is 68.0 cm³/mol. The van der Waals surface area contributed by atoms with E-state index < -0.39 is 0 Å². The Morgan fingerprint density at radius 3 is 2.72 bits per heavy atom. The second kappa shape index (κ2) is 5.80. The SMILES string of the molecule is CCC(CN)Cc1nc(C2(OC)CCCC2)no1. The van der Waals surface area contributed by atoms with Crippen LogP contribution in [0.3, 0.4) is 0 Å². The van der Waals surface area contributed by atoms with Crippen LogP contribution < -0.4 is 5.73 Å².